The molecule has 0 aromatic heterocycles. The molecule has 118 valence electrons. The molecule has 0 fully saturated rings. The summed E-state index contributed by atoms with van der Waals surface area (Å²) in [5.74, 6) is 0.908. The SMILES string of the molecule is CCOc1c(CNc2ccc(F)c(Cl)c2)cc(Br)cc1OC. The van der Waals surface area contributed by atoms with Gasteiger partial charge in [-0.2, -0.15) is 0 Å². The van der Waals surface area contributed by atoms with E-state index in [0.29, 0.717) is 24.7 Å². The highest BCUT2D eigenvalue weighted by molar-refractivity contribution is 9.10. The highest BCUT2D eigenvalue weighted by atomic mass is 79.9. The molecule has 0 bridgehead atoms. The normalized spacial score (nSPS) is 10.4. The van der Waals surface area contributed by atoms with Crippen molar-refractivity contribution in [1.82, 2.24) is 0 Å². The van der Waals surface area contributed by atoms with Crippen LogP contribution in [0.25, 0.3) is 0 Å². The largest absolute Gasteiger partial charge is 0.493 e. The van der Waals surface area contributed by atoms with Crippen LogP contribution < -0.4 is 14.8 Å². The summed E-state index contributed by atoms with van der Waals surface area (Å²) in [6.07, 6.45) is 0. The van der Waals surface area contributed by atoms with E-state index in [-0.39, 0.29) is 5.02 Å². The Morgan fingerprint density at radius 3 is 2.68 bits per heavy atom. The van der Waals surface area contributed by atoms with Crippen molar-refractivity contribution in [2.45, 2.75) is 13.5 Å². The summed E-state index contributed by atoms with van der Waals surface area (Å²) in [7, 11) is 1.60. The number of benzene rings is 2. The molecule has 0 aliphatic carbocycles. The Kier molecular flexibility index (Phi) is 5.91. The predicted octanol–water partition coefficient (Wildman–Crippen LogP) is 5.26. The van der Waals surface area contributed by atoms with Gasteiger partial charge in [0.05, 0.1) is 18.7 Å². The Hall–Kier alpha value is -1.46. The summed E-state index contributed by atoms with van der Waals surface area (Å²) in [5.41, 5.74) is 1.65. The van der Waals surface area contributed by atoms with Crippen molar-refractivity contribution in [2.24, 2.45) is 0 Å². The summed E-state index contributed by atoms with van der Waals surface area (Å²) >= 11 is 9.23. The van der Waals surface area contributed by atoms with Crippen LogP contribution in [-0.2, 0) is 6.54 Å². The van der Waals surface area contributed by atoms with Gasteiger partial charge in [-0.15, -0.1) is 0 Å². The molecule has 0 spiro atoms. The van der Waals surface area contributed by atoms with Crippen molar-refractivity contribution < 1.29 is 13.9 Å². The Morgan fingerprint density at radius 1 is 1.27 bits per heavy atom. The molecular formula is C16H16BrClFNO2. The van der Waals surface area contributed by atoms with Gasteiger partial charge in [-0.25, -0.2) is 4.39 Å². The first kappa shape index (κ1) is 16.9. The molecule has 0 amide bonds. The number of rotatable bonds is 6. The molecule has 0 aliphatic heterocycles. The summed E-state index contributed by atoms with van der Waals surface area (Å²) in [6.45, 7) is 2.94. The third-order valence-electron chi connectivity index (χ3n) is 3.01. The van der Waals surface area contributed by atoms with Crippen molar-refractivity contribution in [3.63, 3.8) is 0 Å². The van der Waals surface area contributed by atoms with Gasteiger partial charge in [-0.05, 0) is 37.3 Å². The highest BCUT2D eigenvalue weighted by Crippen LogP contribution is 2.35. The maximum Gasteiger partial charge on any atom is 0.166 e. The fraction of sp³-hybridized carbons (Fsp3) is 0.250. The quantitative estimate of drug-likeness (QED) is 0.732. The van der Waals surface area contributed by atoms with E-state index in [1.54, 1.807) is 19.2 Å². The van der Waals surface area contributed by atoms with E-state index in [2.05, 4.69) is 21.2 Å². The highest BCUT2D eigenvalue weighted by Gasteiger charge is 2.12. The molecule has 2 aromatic carbocycles. The van der Waals surface area contributed by atoms with Crippen molar-refractivity contribution in [2.75, 3.05) is 19.0 Å². The van der Waals surface area contributed by atoms with Crippen LogP contribution in [0.15, 0.2) is 34.8 Å². The smallest absolute Gasteiger partial charge is 0.166 e. The number of halogens is 3. The molecule has 0 aliphatic rings. The van der Waals surface area contributed by atoms with Gasteiger partial charge in [-0.3, -0.25) is 0 Å². The first-order valence-electron chi connectivity index (χ1n) is 6.73. The van der Waals surface area contributed by atoms with Crippen LogP contribution in [0.5, 0.6) is 11.5 Å². The first-order valence-corrected chi connectivity index (χ1v) is 7.90. The lowest BCUT2D eigenvalue weighted by molar-refractivity contribution is 0.308. The maximum atomic E-state index is 13.2. The number of hydrogen-bond donors (Lipinski definition) is 1. The fourth-order valence-corrected chi connectivity index (χ4v) is 2.68. The second-order valence-corrected chi connectivity index (χ2v) is 5.83. The minimum Gasteiger partial charge on any atom is -0.493 e. The van der Waals surface area contributed by atoms with E-state index in [4.69, 9.17) is 21.1 Å². The van der Waals surface area contributed by atoms with Crippen molar-refractivity contribution >= 4 is 33.2 Å². The molecule has 3 nitrogen and oxygen atoms in total. The molecule has 6 heteroatoms. The molecule has 0 saturated carbocycles. The van der Waals surface area contributed by atoms with Gasteiger partial charge in [0.2, 0.25) is 0 Å². The molecule has 22 heavy (non-hydrogen) atoms. The summed E-state index contributed by atoms with van der Waals surface area (Å²) < 4.78 is 25.1. The number of methoxy groups -OCH3 is 1. The van der Waals surface area contributed by atoms with Crippen LogP contribution in [0.2, 0.25) is 5.02 Å². The van der Waals surface area contributed by atoms with Crippen LogP contribution in [-0.4, -0.2) is 13.7 Å². The maximum absolute atomic E-state index is 13.2. The monoisotopic (exact) mass is 387 g/mol. The van der Waals surface area contributed by atoms with Gasteiger partial charge in [0, 0.05) is 22.3 Å². The van der Waals surface area contributed by atoms with Crippen LogP contribution in [0, 0.1) is 5.82 Å². The van der Waals surface area contributed by atoms with E-state index in [0.717, 1.165) is 15.7 Å². The summed E-state index contributed by atoms with van der Waals surface area (Å²) in [5, 5.41) is 3.28. The molecule has 2 rings (SSSR count). The van der Waals surface area contributed by atoms with Crippen molar-refractivity contribution in [3.05, 3.63) is 51.2 Å². The van der Waals surface area contributed by atoms with Crippen LogP contribution >= 0.6 is 27.5 Å². The predicted molar refractivity (Wildman–Crippen MR) is 90.6 cm³/mol. The van der Waals surface area contributed by atoms with Crippen molar-refractivity contribution in [3.8, 4) is 11.5 Å². The third-order valence-corrected chi connectivity index (χ3v) is 3.76. The lowest BCUT2D eigenvalue weighted by Gasteiger charge is -2.16. The molecule has 0 saturated heterocycles. The lowest BCUT2D eigenvalue weighted by atomic mass is 10.1. The summed E-state index contributed by atoms with van der Waals surface area (Å²) in [6, 6.07) is 8.31. The minimum atomic E-state index is -0.439. The molecule has 0 heterocycles. The van der Waals surface area contributed by atoms with Gasteiger partial charge in [0.25, 0.3) is 0 Å². The fourth-order valence-electron chi connectivity index (χ4n) is 2.02. The Bertz CT molecular complexity index is 667. The minimum absolute atomic E-state index is 0.0851. The molecule has 0 unspecified atom stereocenters. The van der Waals surface area contributed by atoms with E-state index in [9.17, 15) is 4.39 Å². The van der Waals surface area contributed by atoms with E-state index < -0.39 is 5.82 Å². The molecule has 1 N–H and O–H groups in total. The third kappa shape index (κ3) is 4.05. The van der Waals surface area contributed by atoms with Crippen LogP contribution in [0.4, 0.5) is 10.1 Å². The van der Waals surface area contributed by atoms with E-state index in [1.807, 2.05) is 19.1 Å². The average Bonchev–Trinajstić information content (AvgIpc) is 2.50. The van der Waals surface area contributed by atoms with E-state index >= 15 is 0 Å². The Labute approximate surface area is 142 Å². The average molecular weight is 389 g/mol. The zero-order valence-corrected chi connectivity index (χ0v) is 14.6. The number of nitrogens with one attached hydrogen (secondary N) is 1. The Balaban J connectivity index is 2.24. The zero-order chi connectivity index (χ0) is 16.1. The first-order chi connectivity index (χ1) is 10.5. The Morgan fingerprint density at radius 2 is 2.05 bits per heavy atom. The van der Waals surface area contributed by atoms with Crippen LogP contribution in [0.1, 0.15) is 12.5 Å². The van der Waals surface area contributed by atoms with Gasteiger partial charge in [0.15, 0.2) is 11.5 Å². The van der Waals surface area contributed by atoms with Gasteiger partial charge >= 0.3 is 0 Å². The molecule has 0 radical (unpaired) electrons. The number of hydrogen-bond acceptors (Lipinski definition) is 3. The number of ether oxygens (including phenoxy) is 2. The topological polar surface area (TPSA) is 30.5 Å². The van der Waals surface area contributed by atoms with Gasteiger partial charge in [0.1, 0.15) is 5.82 Å². The number of anilines is 1. The second kappa shape index (κ2) is 7.70. The van der Waals surface area contributed by atoms with Gasteiger partial charge < -0.3 is 14.8 Å². The standard InChI is InChI=1S/C16H16BrClFNO2/c1-3-22-16-10(6-11(17)7-15(16)21-2)9-20-12-4-5-14(19)13(18)8-12/h4-8,20H,3,9H2,1-2H3. The van der Waals surface area contributed by atoms with Gasteiger partial charge in [-0.1, -0.05) is 27.5 Å². The summed E-state index contributed by atoms with van der Waals surface area (Å²) in [4.78, 5) is 0. The molecule has 2 aromatic rings. The molecule has 0 atom stereocenters. The van der Waals surface area contributed by atoms with E-state index in [1.165, 1.54) is 6.07 Å². The molecular weight excluding hydrogens is 373 g/mol. The zero-order valence-electron chi connectivity index (χ0n) is 12.3. The lowest BCUT2D eigenvalue weighted by Crippen LogP contribution is -2.05. The van der Waals surface area contributed by atoms with Crippen LogP contribution in [0.3, 0.4) is 0 Å². The van der Waals surface area contributed by atoms with Crippen molar-refractivity contribution in [1.29, 1.82) is 0 Å². The second-order valence-electron chi connectivity index (χ2n) is 4.51.